The summed E-state index contributed by atoms with van der Waals surface area (Å²) in [4.78, 5) is 32.4. The lowest BCUT2D eigenvalue weighted by Gasteiger charge is -2.22. The number of carbonyl (C=O) groups is 2. The number of hydrogen-bond donors (Lipinski definition) is 0. The van der Waals surface area contributed by atoms with Crippen LogP contribution in [0.3, 0.4) is 0 Å². The minimum Gasteiger partial charge on any atom is -0.452 e. The normalized spacial score (nSPS) is 14.6. The molecule has 1 aliphatic rings. The van der Waals surface area contributed by atoms with Crippen LogP contribution in [-0.4, -0.2) is 42.5 Å². The Bertz CT molecular complexity index is 1100. The lowest BCUT2D eigenvalue weighted by atomic mass is 9.86. The summed E-state index contributed by atoms with van der Waals surface area (Å²) in [6.45, 7) is -0.269. The number of nitrogens with zero attached hydrogens (tertiary/aromatic N) is 2. The van der Waals surface area contributed by atoms with Gasteiger partial charge >= 0.3 is 5.97 Å². The van der Waals surface area contributed by atoms with E-state index in [1.54, 1.807) is 25.4 Å². The summed E-state index contributed by atoms with van der Waals surface area (Å²) in [5, 5.41) is 2.82. The fourth-order valence-corrected chi connectivity index (χ4v) is 4.26. The van der Waals surface area contributed by atoms with Gasteiger partial charge in [-0.25, -0.2) is 9.78 Å². The number of carbonyl (C=O) groups excluding carboxylic acids is 2. The van der Waals surface area contributed by atoms with Gasteiger partial charge in [-0.1, -0.05) is 24.3 Å². The maximum atomic E-state index is 13.0. The Morgan fingerprint density at radius 3 is 2.76 bits per heavy atom. The first kappa shape index (κ1) is 19.3. The molecule has 0 N–H and O–H groups in total. The summed E-state index contributed by atoms with van der Waals surface area (Å²) in [5.74, 6) is -0.712. The van der Waals surface area contributed by atoms with Gasteiger partial charge in [0.25, 0.3) is 5.91 Å². The summed E-state index contributed by atoms with van der Waals surface area (Å²) < 4.78 is 5.39. The molecular weight excluding hydrogens is 384 g/mol. The van der Waals surface area contributed by atoms with Crippen LogP contribution in [0.25, 0.3) is 22.6 Å². The summed E-state index contributed by atoms with van der Waals surface area (Å²) in [5.41, 5.74) is 4.22. The Morgan fingerprint density at radius 1 is 1.17 bits per heavy atom. The van der Waals surface area contributed by atoms with E-state index >= 15 is 0 Å². The van der Waals surface area contributed by atoms with Gasteiger partial charge in [-0.15, -0.1) is 11.3 Å². The van der Waals surface area contributed by atoms with E-state index in [-0.39, 0.29) is 12.5 Å². The zero-order chi connectivity index (χ0) is 20.4. The van der Waals surface area contributed by atoms with Crippen LogP contribution in [0.5, 0.6) is 0 Å². The van der Waals surface area contributed by atoms with E-state index in [1.165, 1.54) is 9.78 Å². The molecule has 0 radical (unpaired) electrons. The predicted molar refractivity (Wildman–Crippen MR) is 116 cm³/mol. The number of para-hydroxylation sites is 1. The molecular formula is C23H22N2O3S. The number of ether oxygens (including phenoxy) is 1. The first-order valence-electron chi connectivity index (χ1n) is 9.58. The second-order valence-electron chi connectivity index (χ2n) is 7.23. The number of esters is 1. The van der Waals surface area contributed by atoms with Gasteiger partial charge in [-0.3, -0.25) is 4.79 Å². The van der Waals surface area contributed by atoms with E-state index in [4.69, 9.17) is 9.72 Å². The third kappa shape index (κ3) is 3.93. The molecule has 1 aliphatic carbocycles. The lowest BCUT2D eigenvalue weighted by molar-refractivity contribution is -0.131. The number of allylic oxidation sites excluding steroid dienone is 1. The van der Waals surface area contributed by atoms with E-state index in [0.29, 0.717) is 5.56 Å². The molecule has 2 heterocycles. The molecule has 0 bridgehead atoms. The highest BCUT2D eigenvalue weighted by Gasteiger charge is 2.26. The van der Waals surface area contributed by atoms with E-state index in [9.17, 15) is 9.59 Å². The highest BCUT2D eigenvalue weighted by molar-refractivity contribution is 7.10. The Kier molecular flexibility index (Phi) is 5.45. The molecule has 0 fully saturated rings. The second-order valence-corrected chi connectivity index (χ2v) is 8.21. The number of fused-ring (bicyclic) bond motifs is 2. The zero-order valence-electron chi connectivity index (χ0n) is 16.5. The minimum absolute atomic E-state index is 0.246. The summed E-state index contributed by atoms with van der Waals surface area (Å²) in [6, 6.07) is 11.7. The Morgan fingerprint density at radius 2 is 2.00 bits per heavy atom. The van der Waals surface area contributed by atoms with Gasteiger partial charge in [-0.2, -0.15) is 0 Å². The Balaban J connectivity index is 1.81. The standard InChI is InChI=1S/C23H22N2O3S/c1-25(2)20(26)14-28-23(27)21-17-9-3-4-11-19(17)24-22-15(7-5-10-18(21)22)13-16-8-6-12-29-16/h3-4,6,8-9,11-13H,5,7,10,14H2,1-2H3/b15-13-. The largest absolute Gasteiger partial charge is 0.452 e. The topological polar surface area (TPSA) is 59.5 Å². The monoisotopic (exact) mass is 406 g/mol. The number of likely N-dealkylation sites (N-methyl/N-ethyl adjacent to an activating group) is 1. The van der Waals surface area contributed by atoms with Crippen LogP contribution in [0.15, 0.2) is 41.8 Å². The van der Waals surface area contributed by atoms with Crippen LogP contribution >= 0.6 is 11.3 Å². The van der Waals surface area contributed by atoms with E-state index in [0.717, 1.165) is 47.0 Å². The van der Waals surface area contributed by atoms with Gasteiger partial charge in [0.05, 0.1) is 16.8 Å². The molecule has 1 amide bonds. The van der Waals surface area contributed by atoms with Crippen molar-refractivity contribution in [2.24, 2.45) is 0 Å². The van der Waals surface area contributed by atoms with Crippen molar-refractivity contribution in [3.8, 4) is 0 Å². The van der Waals surface area contributed by atoms with Crippen LogP contribution in [0.2, 0.25) is 0 Å². The fraction of sp³-hybridized carbons (Fsp3) is 0.261. The van der Waals surface area contributed by atoms with Crippen molar-refractivity contribution in [3.63, 3.8) is 0 Å². The molecule has 4 rings (SSSR count). The zero-order valence-corrected chi connectivity index (χ0v) is 17.3. The highest BCUT2D eigenvalue weighted by Crippen LogP contribution is 2.36. The van der Waals surface area contributed by atoms with Crippen molar-refractivity contribution in [3.05, 3.63) is 63.5 Å². The van der Waals surface area contributed by atoms with Gasteiger partial charge in [0.2, 0.25) is 0 Å². The Labute approximate surface area is 173 Å². The summed E-state index contributed by atoms with van der Waals surface area (Å²) >= 11 is 1.68. The number of benzene rings is 1. The van der Waals surface area contributed by atoms with Crippen LogP contribution in [-0.2, 0) is 16.0 Å². The average molecular weight is 407 g/mol. The maximum Gasteiger partial charge on any atom is 0.339 e. The Hall–Kier alpha value is -2.99. The van der Waals surface area contributed by atoms with Crippen molar-refractivity contribution in [2.45, 2.75) is 19.3 Å². The lowest BCUT2D eigenvalue weighted by Crippen LogP contribution is -2.28. The second kappa shape index (κ2) is 8.17. The smallest absolute Gasteiger partial charge is 0.339 e. The van der Waals surface area contributed by atoms with Gasteiger partial charge in [0.1, 0.15) is 0 Å². The van der Waals surface area contributed by atoms with Gasteiger partial charge in [0, 0.05) is 24.4 Å². The molecule has 0 atom stereocenters. The molecule has 29 heavy (non-hydrogen) atoms. The molecule has 148 valence electrons. The van der Waals surface area contributed by atoms with Crippen LogP contribution in [0.1, 0.15) is 39.3 Å². The first-order chi connectivity index (χ1) is 14.0. The quantitative estimate of drug-likeness (QED) is 0.602. The van der Waals surface area contributed by atoms with Gasteiger partial charge < -0.3 is 9.64 Å². The molecule has 5 nitrogen and oxygen atoms in total. The third-order valence-corrected chi connectivity index (χ3v) is 5.88. The predicted octanol–water partition coefficient (Wildman–Crippen LogP) is 4.42. The van der Waals surface area contributed by atoms with Crippen LogP contribution < -0.4 is 0 Å². The number of rotatable bonds is 4. The van der Waals surface area contributed by atoms with E-state index in [2.05, 4.69) is 17.5 Å². The van der Waals surface area contributed by atoms with Gasteiger partial charge in [-0.05, 0) is 54.0 Å². The molecule has 0 aliphatic heterocycles. The number of thiophene rings is 1. The van der Waals surface area contributed by atoms with Crippen LogP contribution in [0.4, 0.5) is 0 Å². The third-order valence-electron chi connectivity index (χ3n) is 5.06. The molecule has 3 aromatic rings. The summed E-state index contributed by atoms with van der Waals surface area (Å²) in [7, 11) is 3.28. The molecule has 0 spiro atoms. The van der Waals surface area contributed by atoms with Crippen molar-refractivity contribution in [1.29, 1.82) is 0 Å². The number of pyridine rings is 1. The van der Waals surface area contributed by atoms with E-state index in [1.807, 2.05) is 30.3 Å². The van der Waals surface area contributed by atoms with Crippen molar-refractivity contribution in [2.75, 3.05) is 20.7 Å². The van der Waals surface area contributed by atoms with Crippen molar-refractivity contribution >= 4 is 45.8 Å². The minimum atomic E-state index is -0.465. The highest BCUT2D eigenvalue weighted by atomic mass is 32.1. The van der Waals surface area contributed by atoms with Crippen molar-refractivity contribution in [1.82, 2.24) is 9.88 Å². The molecule has 0 saturated carbocycles. The summed E-state index contributed by atoms with van der Waals surface area (Å²) in [6.07, 6.45) is 4.79. The SMILES string of the molecule is CN(C)C(=O)COC(=O)c1c2c(nc3ccccc13)/C(=C\c1cccs1)CCC2. The first-order valence-corrected chi connectivity index (χ1v) is 10.5. The van der Waals surface area contributed by atoms with Crippen LogP contribution in [0, 0.1) is 0 Å². The van der Waals surface area contributed by atoms with Gasteiger partial charge in [0.15, 0.2) is 6.61 Å². The fourth-order valence-electron chi connectivity index (χ4n) is 3.58. The van der Waals surface area contributed by atoms with E-state index < -0.39 is 5.97 Å². The maximum absolute atomic E-state index is 13.0. The van der Waals surface area contributed by atoms with Crippen molar-refractivity contribution < 1.29 is 14.3 Å². The molecule has 6 heteroatoms. The number of hydrogen-bond acceptors (Lipinski definition) is 5. The molecule has 0 saturated heterocycles. The molecule has 0 unspecified atom stereocenters. The number of aromatic nitrogens is 1. The molecule has 2 aromatic heterocycles. The number of amides is 1. The molecule has 1 aromatic carbocycles. The average Bonchev–Trinajstić information content (AvgIpc) is 3.23.